The van der Waals surface area contributed by atoms with E-state index in [1.807, 2.05) is 44.2 Å². The molecule has 6 nitrogen and oxygen atoms in total. The molecule has 2 amide bonds. The maximum Gasteiger partial charge on any atom is 0.257 e. The highest BCUT2D eigenvalue weighted by Crippen LogP contribution is 2.20. The zero-order chi connectivity index (χ0) is 21.3. The first-order valence-electron chi connectivity index (χ1n) is 9.79. The molecule has 0 aliphatic rings. The maximum absolute atomic E-state index is 12.7. The van der Waals surface area contributed by atoms with Crippen LogP contribution >= 0.6 is 0 Å². The second kappa shape index (κ2) is 10.1. The molecule has 3 N–H and O–H groups in total. The Hall–Kier alpha value is -3.80. The van der Waals surface area contributed by atoms with Gasteiger partial charge in [-0.3, -0.25) is 9.59 Å². The lowest BCUT2D eigenvalue weighted by Crippen LogP contribution is -2.23. The third-order valence-corrected chi connectivity index (χ3v) is 4.37. The van der Waals surface area contributed by atoms with Crippen molar-refractivity contribution in [3.05, 3.63) is 83.9 Å². The molecule has 0 aliphatic carbocycles. The van der Waals surface area contributed by atoms with E-state index in [0.717, 1.165) is 17.0 Å². The fraction of sp³-hybridized carbons (Fsp3) is 0.167. The first-order valence-corrected chi connectivity index (χ1v) is 9.79. The molecule has 3 aromatic carbocycles. The molecule has 6 heteroatoms. The molecule has 0 fully saturated rings. The zero-order valence-corrected chi connectivity index (χ0v) is 17.1. The molecular weight excluding hydrogens is 378 g/mol. The van der Waals surface area contributed by atoms with Gasteiger partial charge in [-0.1, -0.05) is 29.8 Å². The molecule has 0 atom stereocenters. The van der Waals surface area contributed by atoms with Gasteiger partial charge in [0.25, 0.3) is 5.91 Å². The van der Waals surface area contributed by atoms with E-state index in [4.69, 9.17) is 4.74 Å². The average molecular weight is 403 g/mol. The Morgan fingerprint density at radius 1 is 0.833 bits per heavy atom. The topological polar surface area (TPSA) is 79.5 Å². The van der Waals surface area contributed by atoms with E-state index < -0.39 is 0 Å². The maximum atomic E-state index is 12.7. The summed E-state index contributed by atoms with van der Waals surface area (Å²) in [7, 11) is 0. The standard InChI is InChI=1S/C24H25N3O3/c1-3-30-20-14-12-19(13-15-20)27-24(29)21-6-4-5-7-22(21)25-16-23(28)26-18-10-8-17(2)9-11-18/h4-15,25H,3,16H2,1-2H3,(H,26,28)(H,27,29). The van der Waals surface area contributed by atoms with Crippen molar-refractivity contribution in [2.24, 2.45) is 0 Å². The largest absolute Gasteiger partial charge is 0.494 e. The van der Waals surface area contributed by atoms with Crippen LogP contribution in [0.25, 0.3) is 0 Å². The number of amides is 2. The summed E-state index contributed by atoms with van der Waals surface area (Å²) in [5, 5.41) is 8.74. The first-order chi connectivity index (χ1) is 14.5. The lowest BCUT2D eigenvalue weighted by Gasteiger charge is -2.13. The highest BCUT2D eigenvalue weighted by Gasteiger charge is 2.12. The van der Waals surface area contributed by atoms with Gasteiger partial charge in [0.15, 0.2) is 0 Å². The normalized spacial score (nSPS) is 10.2. The number of aryl methyl sites for hydroxylation is 1. The van der Waals surface area contributed by atoms with Crippen molar-refractivity contribution in [1.29, 1.82) is 0 Å². The van der Waals surface area contributed by atoms with Crippen LogP contribution < -0.4 is 20.7 Å². The summed E-state index contributed by atoms with van der Waals surface area (Å²) in [5.74, 6) is 0.291. The van der Waals surface area contributed by atoms with Crippen molar-refractivity contribution in [2.75, 3.05) is 29.1 Å². The van der Waals surface area contributed by atoms with Gasteiger partial charge in [0.2, 0.25) is 5.91 Å². The molecule has 0 aromatic heterocycles. The van der Waals surface area contributed by atoms with Gasteiger partial charge in [0, 0.05) is 17.1 Å². The molecule has 154 valence electrons. The molecule has 0 aliphatic heterocycles. The highest BCUT2D eigenvalue weighted by atomic mass is 16.5. The van der Waals surface area contributed by atoms with Crippen LogP contribution in [0.1, 0.15) is 22.8 Å². The minimum atomic E-state index is -0.263. The van der Waals surface area contributed by atoms with Crippen LogP contribution in [0.15, 0.2) is 72.8 Å². The number of hydrogen-bond donors (Lipinski definition) is 3. The number of hydrogen-bond acceptors (Lipinski definition) is 4. The predicted octanol–water partition coefficient (Wildman–Crippen LogP) is 4.70. The monoisotopic (exact) mass is 403 g/mol. The van der Waals surface area contributed by atoms with Gasteiger partial charge in [-0.05, 0) is 62.4 Å². The third-order valence-electron chi connectivity index (χ3n) is 4.37. The number of anilines is 3. The van der Waals surface area contributed by atoms with Crippen LogP contribution in [0, 0.1) is 6.92 Å². The SMILES string of the molecule is CCOc1ccc(NC(=O)c2ccccc2NCC(=O)Nc2ccc(C)cc2)cc1. The molecule has 3 rings (SSSR count). The van der Waals surface area contributed by atoms with Crippen LogP contribution in [0.2, 0.25) is 0 Å². The Morgan fingerprint density at radius 3 is 2.17 bits per heavy atom. The summed E-state index contributed by atoms with van der Waals surface area (Å²) < 4.78 is 5.41. The Labute approximate surface area is 176 Å². The molecule has 0 saturated heterocycles. The van der Waals surface area contributed by atoms with Gasteiger partial charge in [0.1, 0.15) is 5.75 Å². The fourth-order valence-corrected chi connectivity index (χ4v) is 2.85. The quantitative estimate of drug-likeness (QED) is 0.509. The average Bonchev–Trinajstić information content (AvgIpc) is 2.76. The molecule has 0 spiro atoms. The Morgan fingerprint density at radius 2 is 1.47 bits per heavy atom. The van der Waals surface area contributed by atoms with Gasteiger partial charge in [-0.25, -0.2) is 0 Å². The van der Waals surface area contributed by atoms with E-state index in [1.165, 1.54) is 0 Å². The van der Waals surface area contributed by atoms with Crippen molar-refractivity contribution in [3.63, 3.8) is 0 Å². The van der Waals surface area contributed by atoms with Crippen molar-refractivity contribution >= 4 is 28.9 Å². The second-order valence-electron chi connectivity index (χ2n) is 6.72. The Bertz CT molecular complexity index is 999. The van der Waals surface area contributed by atoms with Gasteiger partial charge < -0.3 is 20.7 Å². The van der Waals surface area contributed by atoms with Gasteiger partial charge in [0.05, 0.1) is 18.7 Å². The number of carbonyl (C=O) groups excluding carboxylic acids is 2. The van der Waals surface area contributed by atoms with E-state index in [0.29, 0.717) is 23.5 Å². The number of benzene rings is 3. The summed E-state index contributed by atoms with van der Waals surface area (Å²) in [4.78, 5) is 25.0. The summed E-state index contributed by atoms with van der Waals surface area (Å²) in [5.41, 5.74) is 3.55. The van der Waals surface area contributed by atoms with Gasteiger partial charge in [-0.2, -0.15) is 0 Å². The van der Waals surface area contributed by atoms with E-state index in [9.17, 15) is 9.59 Å². The fourth-order valence-electron chi connectivity index (χ4n) is 2.85. The molecule has 0 heterocycles. The third kappa shape index (κ3) is 5.85. The van der Waals surface area contributed by atoms with Crippen LogP contribution in [-0.2, 0) is 4.79 Å². The molecule has 0 unspecified atom stereocenters. The van der Waals surface area contributed by atoms with E-state index >= 15 is 0 Å². The lowest BCUT2D eigenvalue weighted by atomic mass is 10.1. The first kappa shape index (κ1) is 20.9. The van der Waals surface area contributed by atoms with E-state index in [-0.39, 0.29) is 18.4 Å². The minimum Gasteiger partial charge on any atom is -0.494 e. The Kier molecular flexibility index (Phi) is 7.05. The zero-order valence-electron chi connectivity index (χ0n) is 17.1. The highest BCUT2D eigenvalue weighted by molar-refractivity contribution is 6.08. The predicted molar refractivity (Wildman–Crippen MR) is 120 cm³/mol. The van der Waals surface area contributed by atoms with Crippen molar-refractivity contribution in [2.45, 2.75) is 13.8 Å². The molecule has 0 radical (unpaired) electrons. The van der Waals surface area contributed by atoms with Crippen LogP contribution in [-0.4, -0.2) is 25.0 Å². The van der Waals surface area contributed by atoms with Crippen molar-refractivity contribution < 1.29 is 14.3 Å². The van der Waals surface area contributed by atoms with Crippen LogP contribution in [0.3, 0.4) is 0 Å². The van der Waals surface area contributed by atoms with Crippen molar-refractivity contribution in [3.8, 4) is 5.75 Å². The molecular formula is C24H25N3O3. The number of carbonyl (C=O) groups is 2. The lowest BCUT2D eigenvalue weighted by molar-refractivity contribution is -0.114. The second-order valence-corrected chi connectivity index (χ2v) is 6.72. The summed E-state index contributed by atoms with van der Waals surface area (Å²) in [6, 6.07) is 21.8. The molecule has 3 aromatic rings. The van der Waals surface area contributed by atoms with E-state index in [2.05, 4.69) is 16.0 Å². The van der Waals surface area contributed by atoms with Crippen LogP contribution in [0.4, 0.5) is 17.1 Å². The smallest absolute Gasteiger partial charge is 0.257 e. The van der Waals surface area contributed by atoms with Gasteiger partial charge >= 0.3 is 0 Å². The van der Waals surface area contributed by atoms with Crippen LogP contribution in [0.5, 0.6) is 5.75 Å². The number of nitrogens with one attached hydrogen (secondary N) is 3. The summed E-state index contributed by atoms with van der Waals surface area (Å²) in [6.07, 6.45) is 0. The number of ether oxygens (including phenoxy) is 1. The molecule has 0 bridgehead atoms. The summed E-state index contributed by atoms with van der Waals surface area (Å²) in [6.45, 7) is 4.53. The number of rotatable bonds is 8. The van der Waals surface area contributed by atoms with Crippen molar-refractivity contribution in [1.82, 2.24) is 0 Å². The number of para-hydroxylation sites is 1. The minimum absolute atomic E-state index is 0.0429. The summed E-state index contributed by atoms with van der Waals surface area (Å²) >= 11 is 0. The molecule has 30 heavy (non-hydrogen) atoms. The van der Waals surface area contributed by atoms with E-state index in [1.54, 1.807) is 42.5 Å². The Balaban J connectivity index is 1.61. The van der Waals surface area contributed by atoms with Gasteiger partial charge in [-0.15, -0.1) is 0 Å². The molecule has 0 saturated carbocycles.